The Hall–Kier alpha value is -1.68. The molecule has 0 aliphatic rings. The third kappa shape index (κ3) is 3.67. The van der Waals surface area contributed by atoms with Crippen LogP contribution in [0.1, 0.15) is 33.4 Å². The highest BCUT2D eigenvalue weighted by Crippen LogP contribution is 2.21. The molecule has 1 N–H and O–H groups in total. The summed E-state index contributed by atoms with van der Waals surface area (Å²) in [6, 6.07) is 6.61. The highest BCUT2D eigenvalue weighted by molar-refractivity contribution is 5.52. The zero-order valence-corrected chi connectivity index (χ0v) is 12.4. The van der Waals surface area contributed by atoms with Crippen molar-refractivity contribution in [1.82, 2.24) is 10.3 Å². The lowest BCUT2D eigenvalue weighted by Crippen LogP contribution is -2.37. The first-order chi connectivity index (χ1) is 9.36. The Kier molecular flexibility index (Phi) is 4.23. The van der Waals surface area contributed by atoms with E-state index >= 15 is 0 Å². The van der Waals surface area contributed by atoms with Crippen LogP contribution in [-0.4, -0.2) is 11.0 Å². The molecule has 0 aliphatic carbocycles. The number of halogens is 1. The van der Waals surface area contributed by atoms with Crippen molar-refractivity contribution in [2.45, 2.75) is 40.3 Å². The van der Waals surface area contributed by atoms with Crippen molar-refractivity contribution in [3.05, 3.63) is 42.0 Å². The van der Waals surface area contributed by atoms with E-state index in [1.807, 2.05) is 0 Å². The van der Waals surface area contributed by atoms with Crippen molar-refractivity contribution in [2.24, 2.45) is 5.41 Å². The Bertz CT molecular complexity index is 572. The second kappa shape index (κ2) is 5.75. The summed E-state index contributed by atoms with van der Waals surface area (Å²) in [6.07, 6.45) is 1.61. The smallest absolute Gasteiger partial charge is 0.226 e. The van der Waals surface area contributed by atoms with Crippen LogP contribution in [0.3, 0.4) is 0 Å². The molecule has 1 atom stereocenters. The predicted molar refractivity (Wildman–Crippen MR) is 77.7 cm³/mol. The van der Waals surface area contributed by atoms with Crippen LogP contribution >= 0.6 is 0 Å². The quantitative estimate of drug-likeness (QED) is 0.917. The molecule has 2 aromatic rings. The third-order valence-electron chi connectivity index (χ3n) is 3.51. The maximum absolute atomic E-state index is 13.2. The molecule has 1 unspecified atom stereocenters. The SMILES string of the molecule is CC(NCc1coc(-c2cccc(F)c2)n1)C(C)(C)C. The molecule has 108 valence electrons. The minimum Gasteiger partial charge on any atom is -0.444 e. The highest BCUT2D eigenvalue weighted by atomic mass is 19.1. The summed E-state index contributed by atoms with van der Waals surface area (Å²) in [7, 11) is 0. The van der Waals surface area contributed by atoms with Crippen LogP contribution in [0.25, 0.3) is 11.5 Å². The molecule has 0 spiro atoms. The van der Waals surface area contributed by atoms with Crippen LogP contribution in [0.5, 0.6) is 0 Å². The number of aromatic nitrogens is 1. The van der Waals surface area contributed by atoms with Gasteiger partial charge in [0.15, 0.2) is 0 Å². The summed E-state index contributed by atoms with van der Waals surface area (Å²) < 4.78 is 18.6. The zero-order chi connectivity index (χ0) is 14.8. The minimum absolute atomic E-state index is 0.190. The minimum atomic E-state index is -0.290. The van der Waals surface area contributed by atoms with E-state index in [9.17, 15) is 4.39 Å². The first-order valence-corrected chi connectivity index (χ1v) is 6.80. The fourth-order valence-corrected chi connectivity index (χ4v) is 1.71. The summed E-state index contributed by atoms with van der Waals surface area (Å²) in [5.41, 5.74) is 1.66. The van der Waals surface area contributed by atoms with Gasteiger partial charge in [0.05, 0.1) is 5.69 Å². The topological polar surface area (TPSA) is 38.1 Å². The van der Waals surface area contributed by atoms with Crippen molar-refractivity contribution >= 4 is 0 Å². The molecule has 4 heteroatoms. The Morgan fingerprint density at radius 1 is 1.35 bits per heavy atom. The van der Waals surface area contributed by atoms with E-state index in [1.54, 1.807) is 18.4 Å². The molecule has 0 bridgehead atoms. The van der Waals surface area contributed by atoms with Crippen molar-refractivity contribution in [3.8, 4) is 11.5 Å². The summed E-state index contributed by atoms with van der Waals surface area (Å²) >= 11 is 0. The number of benzene rings is 1. The van der Waals surface area contributed by atoms with E-state index in [2.05, 4.69) is 38.0 Å². The Balaban J connectivity index is 2.03. The molecular weight excluding hydrogens is 255 g/mol. The van der Waals surface area contributed by atoms with Crippen molar-refractivity contribution in [1.29, 1.82) is 0 Å². The van der Waals surface area contributed by atoms with Crippen LogP contribution in [0.2, 0.25) is 0 Å². The van der Waals surface area contributed by atoms with Crippen LogP contribution in [0.15, 0.2) is 34.9 Å². The van der Waals surface area contributed by atoms with Crippen LogP contribution in [0, 0.1) is 11.2 Å². The second-order valence-electron chi connectivity index (χ2n) is 6.12. The number of nitrogens with zero attached hydrogens (tertiary/aromatic N) is 1. The molecule has 0 radical (unpaired) electrons. The van der Waals surface area contributed by atoms with Gasteiger partial charge in [-0.1, -0.05) is 26.8 Å². The van der Waals surface area contributed by atoms with E-state index in [-0.39, 0.29) is 11.2 Å². The van der Waals surface area contributed by atoms with Crippen molar-refractivity contribution < 1.29 is 8.81 Å². The van der Waals surface area contributed by atoms with Gasteiger partial charge in [-0.3, -0.25) is 0 Å². The second-order valence-corrected chi connectivity index (χ2v) is 6.12. The zero-order valence-electron chi connectivity index (χ0n) is 12.4. The maximum atomic E-state index is 13.2. The van der Waals surface area contributed by atoms with Crippen LogP contribution < -0.4 is 5.32 Å². The van der Waals surface area contributed by atoms with E-state index in [0.29, 0.717) is 24.0 Å². The lowest BCUT2D eigenvalue weighted by molar-refractivity contribution is 0.284. The van der Waals surface area contributed by atoms with Gasteiger partial charge < -0.3 is 9.73 Å². The molecule has 1 heterocycles. The van der Waals surface area contributed by atoms with Crippen molar-refractivity contribution in [2.75, 3.05) is 0 Å². The first kappa shape index (κ1) is 14.7. The van der Waals surface area contributed by atoms with Crippen LogP contribution in [-0.2, 0) is 6.54 Å². The number of nitrogens with one attached hydrogen (secondary N) is 1. The van der Waals surface area contributed by atoms with Gasteiger partial charge in [-0.2, -0.15) is 0 Å². The van der Waals surface area contributed by atoms with Gasteiger partial charge in [0.1, 0.15) is 12.1 Å². The predicted octanol–water partition coefficient (Wildman–Crippen LogP) is 4.00. The number of oxazole rings is 1. The number of hydrogen-bond donors (Lipinski definition) is 1. The van der Waals surface area contributed by atoms with Crippen molar-refractivity contribution in [3.63, 3.8) is 0 Å². The van der Waals surface area contributed by atoms with Gasteiger partial charge >= 0.3 is 0 Å². The standard InChI is InChI=1S/C16H21FN2O/c1-11(16(2,3)4)18-9-14-10-20-15(19-14)12-6-5-7-13(17)8-12/h5-8,10-11,18H,9H2,1-4H3. The molecule has 1 aromatic heterocycles. The molecule has 0 saturated heterocycles. The normalized spacial score (nSPS) is 13.4. The van der Waals surface area contributed by atoms with Gasteiger partial charge in [0, 0.05) is 18.2 Å². The Morgan fingerprint density at radius 2 is 2.10 bits per heavy atom. The molecule has 1 aromatic carbocycles. The maximum Gasteiger partial charge on any atom is 0.226 e. The molecular formula is C16H21FN2O. The molecule has 0 aliphatic heterocycles. The summed E-state index contributed by atoms with van der Waals surface area (Å²) in [4.78, 5) is 4.38. The van der Waals surface area contributed by atoms with Crippen LogP contribution in [0.4, 0.5) is 4.39 Å². The third-order valence-corrected chi connectivity index (χ3v) is 3.51. The van der Waals surface area contributed by atoms with E-state index < -0.39 is 0 Å². The van der Waals surface area contributed by atoms with Gasteiger partial charge in [-0.15, -0.1) is 0 Å². The largest absolute Gasteiger partial charge is 0.444 e. The van der Waals surface area contributed by atoms with Gasteiger partial charge in [0.2, 0.25) is 5.89 Å². The Morgan fingerprint density at radius 3 is 2.75 bits per heavy atom. The fourth-order valence-electron chi connectivity index (χ4n) is 1.71. The van der Waals surface area contributed by atoms with E-state index in [4.69, 9.17) is 4.42 Å². The lowest BCUT2D eigenvalue weighted by Gasteiger charge is -2.27. The molecule has 20 heavy (non-hydrogen) atoms. The lowest BCUT2D eigenvalue weighted by atomic mass is 9.88. The Labute approximate surface area is 119 Å². The number of rotatable bonds is 4. The molecule has 3 nitrogen and oxygen atoms in total. The molecule has 2 rings (SSSR count). The van der Waals surface area contributed by atoms with E-state index in [0.717, 1.165) is 5.69 Å². The first-order valence-electron chi connectivity index (χ1n) is 6.80. The fraction of sp³-hybridized carbons (Fsp3) is 0.438. The molecule has 0 amide bonds. The summed E-state index contributed by atoms with van der Waals surface area (Å²) in [5.74, 6) is 0.159. The highest BCUT2D eigenvalue weighted by Gasteiger charge is 2.19. The van der Waals surface area contributed by atoms with Gasteiger partial charge in [-0.05, 0) is 30.5 Å². The average molecular weight is 276 g/mol. The summed E-state index contributed by atoms with van der Waals surface area (Å²) in [6.45, 7) is 9.34. The molecule has 0 saturated carbocycles. The monoisotopic (exact) mass is 276 g/mol. The number of hydrogen-bond acceptors (Lipinski definition) is 3. The summed E-state index contributed by atoms with van der Waals surface area (Å²) in [5, 5.41) is 3.42. The van der Waals surface area contributed by atoms with Gasteiger partial charge in [0.25, 0.3) is 0 Å². The molecule has 0 fully saturated rings. The van der Waals surface area contributed by atoms with E-state index in [1.165, 1.54) is 12.1 Å². The van der Waals surface area contributed by atoms with Gasteiger partial charge in [-0.25, -0.2) is 9.37 Å². The average Bonchev–Trinajstić information content (AvgIpc) is 2.83.